The fourth-order valence-corrected chi connectivity index (χ4v) is 3.30. The van der Waals surface area contributed by atoms with E-state index in [1.54, 1.807) is 4.57 Å². The highest BCUT2D eigenvalue weighted by Crippen LogP contribution is 2.25. The zero-order chi connectivity index (χ0) is 14.8. The van der Waals surface area contributed by atoms with Gasteiger partial charge in [-0.1, -0.05) is 19.1 Å². The first-order valence-corrected chi connectivity index (χ1v) is 7.94. The SMILES string of the molecule is CCC1OCCC1Cn1c(CCl)nc2ccccc2c1=O. The average Bonchev–Trinajstić information content (AvgIpc) is 2.97. The first kappa shape index (κ1) is 14.5. The molecule has 0 bridgehead atoms. The Morgan fingerprint density at radius 1 is 1.43 bits per heavy atom. The fourth-order valence-electron chi connectivity index (χ4n) is 3.09. The van der Waals surface area contributed by atoms with Crippen molar-refractivity contribution >= 4 is 22.5 Å². The van der Waals surface area contributed by atoms with Gasteiger partial charge in [0.1, 0.15) is 5.82 Å². The van der Waals surface area contributed by atoms with Crippen LogP contribution in [0.5, 0.6) is 0 Å². The van der Waals surface area contributed by atoms with Crippen LogP contribution in [0.25, 0.3) is 10.9 Å². The molecule has 1 aliphatic rings. The highest BCUT2D eigenvalue weighted by atomic mass is 35.5. The summed E-state index contributed by atoms with van der Waals surface area (Å²) in [6.07, 6.45) is 2.18. The Bertz CT molecular complexity index is 698. The average molecular weight is 307 g/mol. The number of fused-ring (bicyclic) bond motifs is 1. The molecule has 1 aromatic heterocycles. The van der Waals surface area contributed by atoms with E-state index in [-0.39, 0.29) is 17.5 Å². The highest BCUT2D eigenvalue weighted by molar-refractivity contribution is 6.16. The molecular formula is C16H19ClN2O2. The molecule has 2 heterocycles. The molecule has 4 nitrogen and oxygen atoms in total. The maximum atomic E-state index is 12.7. The summed E-state index contributed by atoms with van der Waals surface area (Å²) in [7, 11) is 0. The molecule has 21 heavy (non-hydrogen) atoms. The minimum Gasteiger partial charge on any atom is -0.378 e. The van der Waals surface area contributed by atoms with E-state index >= 15 is 0 Å². The predicted octanol–water partition coefficient (Wildman–Crippen LogP) is 2.95. The standard InChI is InChI=1S/C16H19ClN2O2/c1-2-14-11(7-8-21-14)10-19-15(9-17)18-13-6-4-3-5-12(13)16(19)20/h3-6,11,14H,2,7-10H2,1H3. The van der Waals surface area contributed by atoms with Crippen LogP contribution in [0.2, 0.25) is 0 Å². The summed E-state index contributed by atoms with van der Waals surface area (Å²) in [4.78, 5) is 17.3. The van der Waals surface area contributed by atoms with E-state index in [1.165, 1.54) is 0 Å². The number of nitrogens with zero attached hydrogens (tertiary/aromatic N) is 2. The maximum Gasteiger partial charge on any atom is 0.261 e. The van der Waals surface area contributed by atoms with Crippen molar-refractivity contribution in [3.63, 3.8) is 0 Å². The molecule has 0 amide bonds. The molecule has 0 N–H and O–H groups in total. The number of aromatic nitrogens is 2. The Kier molecular flexibility index (Phi) is 4.27. The summed E-state index contributed by atoms with van der Waals surface area (Å²) in [6, 6.07) is 7.42. The molecule has 1 aromatic carbocycles. The lowest BCUT2D eigenvalue weighted by Gasteiger charge is -2.20. The van der Waals surface area contributed by atoms with Crippen molar-refractivity contribution in [3.8, 4) is 0 Å². The van der Waals surface area contributed by atoms with Gasteiger partial charge in [0, 0.05) is 19.1 Å². The lowest BCUT2D eigenvalue weighted by Crippen LogP contribution is -2.30. The van der Waals surface area contributed by atoms with Gasteiger partial charge < -0.3 is 4.74 Å². The number of benzene rings is 1. The van der Waals surface area contributed by atoms with Crippen LogP contribution in [-0.4, -0.2) is 22.3 Å². The third-order valence-corrected chi connectivity index (χ3v) is 4.47. The van der Waals surface area contributed by atoms with E-state index in [4.69, 9.17) is 16.3 Å². The zero-order valence-electron chi connectivity index (χ0n) is 12.1. The summed E-state index contributed by atoms with van der Waals surface area (Å²) < 4.78 is 7.45. The molecule has 0 radical (unpaired) electrons. The second-order valence-corrected chi connectivity index (χ2v) is 5.73. The van der Waals surface area contributed by atoms with E-state index < -0.39 is 0 Å². The van der Waals surface area contributed by atoms with Gasteiger partial charge in [0.15, 0.2) is 0 Å². The second-order valence-electron chi connectivity index (χ2n) is 5.46. The van der Waals surface area contributed by atoms with Gasteiger partial charge in [-0.2, -0.15) is 0 Å². The summed E-state index contributed by atoms with van der Waals surface area (Å²) in [5.41, 5.74) is 0.710. The molecule has 2 aromatic rings. The number of para-hydroxylation sites is 1. The Balaban J connectivity index is 2.04. The first-order chi connectivity index (χ1) is 10.2. The lowest BCUT2D eigenvalue weighted by molar-refractivity contribution is 0.0830. The number of hydrogen-bond donors (Lipinski definition) is 0. The number of hydrogen-bond acceptors (Lipinski definition) is 3. The van der Waals surface area contributed by atoms with E-state index in [0.717, 1.165) is 19.4 Å². The summed E-state index contributed by atoms with van der Waals surface area (Å²) >= 11 is 6.01. The molecular weight excluding hydrogens is 288 g/mol. The Morgan fingerprint density at radius 3 is 3.00 bits per heavy atom. The van der Waals surface area contributed by atoms with Gasteiger partial charge in [0.05, 0.1) is 22.9 Å². The van der Waals surface area contributed by atoms with E-state index in [9.17, 15) is 4.79 Å². The zero-order valence-corrected chi connectivity index (χ0v) is 12.8. The van der Waals surface area contributed by atoms with Gasteiger partial charge >= 0.3 is 0 Å². The van der Waals surface area contributed by atoms with Crippen molar-refractivity contribution in [3.05, 3.63) is 40.4 Å². The number of rotatable bonds is 4. The first-order valence-electron chi connectivity index (χ1n) is 7.40. The molecule has 1 aliphatic heterocycles. The van der Waals surface area contributed by atoms with E-state index in [2.05, 4.69) is 11.9 Å². The number of ether oxygens (including phenoxy) is 1. The Morgan fingerprint density at radius 2 is 2.24 bits per heavy atom. The molecule has 3 rings (SSSR count). The molecule has 2 atom stereocenters. The Hall–Kier alpha value is -1.39. The van der Waals surface area contributed by atoms with E-state index in [0.29, 0.717) is 29.2 Å². The van der Waals surface area contributed by atoms with Crippen LogP contribution in [0.4, 0.5) is 0 Å². The van der Waals surface area contributed by atoms with Gasteiger partial charge in [-0.25, -0.2) is 4.98 Å². The van der Waals surface area contributed by atoms with Crippen LogP contribution < -0.4 is 5.56 Å². The molecule has 112 valence electrons. The molecule has 1 fully saturated rings. The van der Waals surface area contributed by atoms with Gasteiger partial charge in [0.2, 0.25) is 0 Å². The molecule has 0 spiro atoms. The molecule has 1 saturated heterocycles. The lowest BCUT2D eigenvalue weighted by atomic mass is 9.99. The van der Waals surface area contributed by atoms with Crippen molar-refractivity contribution in [2.24, 2.45) is 5.92 Å². The maximum absolute atomic E-state index is 12.7. The van der Waals surface area contributed by atoms with Crippen LogP contribution >= 0.6 is 11.6 Å². The predicted molar refractivity (Wildman–Crippen MR) is 83.7 cm³/mol. The molecule has 2 unspecified atom stereocenters. The van der Waals surface area contributed by atoms with Crippen molar-refractivity contribution in [2.75, 3.05) is 6.61 Å². The van der Waals surface area contributed by atoms with Gasteiger partial charge in [-0.3, -0.25) is 9.36 Å². The second kappa shape index (κ2) is 6.16. The van der Waals surface area contributed by atoms with Crippen molar-refractivity contribution in [1.82, 2.24) is 9.55 Å². The van der Waals surface area contributed by atoms with Crippen LogP contribution in [0, 0.1) is 5.92 Å². The van der Waals surface area contributed by atoms with E-state index in [1.807, 2.05) is 24.3 Å². The summed E-state index contributed by atoms with van der Waals surface area (Å²) in [5.74, 6) is 1.24. The molecule has 0 saturated carbocycles. The highest BCUT2D eigenvalue weighted by Gasteiger charge is 2.28. The quantitative estimate of drug-likeness (QED) is 0.816. The third kappa shape index (κ3) is 2.70. The van der Waals surface area contributed by atoms with Crippen LogP contribution in [0.1, 0.15) is 25.6 Å². The van der Waals surface area contributed by atoms with Crippen LogP contribution in [0.15, 0.2) is 29.1 Å². The summed E-state index contributed by atoms with van der Waals surface area (Å²) in [5, 5.41) is 0.651. The third-order valence-electron chi connectivity index (χ3n) is 4.23. The van der Waals surface area contributed by atoms with Crippen molar-refractivity contribution in [1.29, 1.82) is 0 Å². The number of halogens is 1. The van der Waals surface area contributed by atoms with Crippen molar-refractivity contribution in [2.45, 2.75) is 38.3 Å². The minimum atomic E-state index is -0.00185. The minimum absolute atomic E-state index is 0.00185. The summed E-state index contributed by atoms with van der Waals surface area (Å²) in [6.45, 7) is 3.53. The fraction of sp³-hybridized carbons (Fsp3) is 0.500. The topological polar surface area (TPSA) is 44.1 Å². The monoisotopic (exact) mass is 306 g/mol. The largest absolute Gasteiger partial charge is 0.378 e. The van der Waals surface area contributed by atoms with Crippen LogP contribution in [0.3, 0.4) is 0 Å². The van der Waals surface area contributed by atoms with Crippen LogP contribution in [-0.2, 0) is 17.2 Å². The smallest absolute Gasteiger partial charge is 0.261 e. The van der Waals surface area contributed by atoms with Gasteiger partial charge in [-0.05, 0) is 25.0 Å². The van der Waals surface area contributed by atoms with Gasteiger partial charge in [-0.15, -0.1) is 11.6 Å². The molecule has 0 aliphatic carbocycles. The number of alkyl halides is 1. The van der Waals surface area contributed by atoms with Gasteiger partial charge in [0.25, 0.3) is 5.56 Å². The normalized spacial score (nSPS) is 22.0. The van der Waals surface area contributed by atoms with Crippen molar-refractivity contribution < 1.29 is 4.74 Å². The molecule has 5 heteroatoms. The Labute approximate surface area is 128 Å².